The Balaban J connectivity index is 1.59. The molecule has 0 spiro atoms. The molecule has 1 aromatic carbocycles. The minimum absolute atomic E-state index is 0.0331. The van der Waals surface area contributed by atoms with Gasteiger partial charge in [0.15, 0.2) is 26.7 Å². The molecule has 0 unspecified atom stereocenters. The normalized spacial score (nSPS) is 15.0. The number of benzene rings is 1. The molecule has 0 radical (unpaired) electrons. The Morgan fingerprint density at radius 1 is 1.05 bits per heavy atom. The number of aliphatic hydroxyl groups is 1. The first-order valence-electron chi connectivity index (χ1n) is 11.1. The van der Waals surface area contributed by atoms with Crippen molar-refractivity contribution in [2.24, 2.45) is 0 Å². The molecule has 14 heteroatoms. The van der Waals surface area contributed by atoms with Crippen LogP contribution in [0.15, 0.2) is 68.9 Å². The van der Waals surface area contributed by atoms with E-state index in [4.69, 9.17) is 4.74 Å². The largest absolute Gasteiger partial charge is 0.442 e. The van der Waals surface area contributed by atoms with E-state index < -0.39 is 5.60 Å². The highest BCUT2D eigenvalue weighted by atomic mass is 32.1. The summed E-state index contributed by atoms with van der Waals surface area (Å²) in [6.07, 6.45) is 4.88. The van der Waals surface area contributed by atoms with Crippen molar-refractivity contribution in [2.45, 2.75) is 12.5 Å². The van der Waals surface area contributed by atoms with Gasteiger partial charge >= 0.3 is 6.03 Å². The van der Waals surface area contributed by atoms with E-state index in [1.165, 1.54) is 11.3 Å². The van der Waals surface area contributed by atoms with Gasteiger partial charge < -0.3 is 15.2 Å². The molecule has 0 fully saturated rings. The van der Waals surface area contributed by atoms with Crippen LogP contribution in [0.25, 0.3) is 32.6 Å². The number of thiazole rings is 1. The molecule has 5 rings (SSSR count). The van der Waals surface area contributed by atoms with E-state index in [2.05, 4.69) is 81.1 Å². The van der Waals surface area contributed by atoms with Crippen LogP contribution < -0.4 is 10.6 Å². The van der Waals surface area contributed by atoms with E-state index in [0.717, 1.165) is 21.5 Å². The Hall–Kier alpha value is -2.75. The van der Waals surface area contributed by atoms with Gasteiger partial charge in [-0.15, -0.1) is 50.5 Å². The fourth-order valence-electron chi connectivity index (χ4n) is 3.75. The second-order valence-corrected chi connectivity index (χ2v) is 10.7. The lowest BCUT2D eigenvalue weighted by Gasteiger charge is -2.32. The highest BCUT2D eigenvalue weighted by Crippen LogP contribution is 2.47. The number of hydrogen-bond donors (Lipinski definition) is 7. The number of urea groups is 1. The van der Waals surface area contributed by atoms with Gasteiger partial charge in [-0.05, 0) is 36.8 Å². The van der Waals surface area contributed by atoms with E-state index in [1.807, 2.05) is 37.3 Å². The van der Waals surface area contributed by atoms with E-state index >= 15 is 0 Å². The predicted octanol–water partition coefficient (Wildman–Crippen LogP) is 5.23. The average Bonchev–Trinajstić information content (AvgIpc) is 3.33. The van der Waals surface area contributed by atoms with Gasteiger partial charge in [0.2, 0.25) is 0 Å². The number of amides is 2. The number of rotatable bonds is 5. The fourth-order valence-corrected chi connectivity index (χ4v) is 5.90. The third-order valence-electron chi connectivity index (χ3n) is 5.58. The van der Waals surface area contributed by atoms with Gasteiger partial charge in [0.05, 0.1) is 25.7 Å². The Kier molecular flexibility index (Phi) is 7.62. The van der Waals surface area contributed by atoms with Crippen LogP contribution in [0, 0.1) is 0 Å². The number of aromatic nitrogens is 4. The summed E-state index contributed by atoms with van der Waals surface area (Å²) >= 11 is 18.5. The molecule has 1 aliphatic heterocycles. The van der Waals surface area contributed by atoms with Crippen molar-refractivity contribution in [1.82, 2.24) is 25.3 Å². The fraction of sp³-hybridized carbons (Fsp3) is 0.125. The molecule has 1 aliphatic rings. The van der Waals surface area contributed by atoms with E-state index in [1.54, 1.807) is 18.6 Å². The first-order chi connectivity index (χ1) is 18.2. The van der Waals surface area contributed by atoms with Crippen LogP contribution in [0.3, 0.4) is 0 Å². The predicted molar refractivity (Wildman–Crippen MR) is 162 cm³/mol. The maximum Gasteiger partial charge on any atom is 0.321 e. The van der Waals surface area contributed by atoms with Crippen LogP contribution >= 0.6 is 61.9 Å². The minimum atomic E-state index is -1.87. The number of hydrogen-bond acceptors (Lipinski definition) is 12. The van der Waals surface area contributed by atoms with Crippen molar-refractivity contribution in [3.05, 3.63) is 74.7 Å². The summed E-state index contributed by atoms with van der Waals surface area (Å²) in [5.41, 5.74) is 1.83. The summed E-state index contributed by atoms with van der Waals surface area (Å²) in [5.74, 6) is 0.0331. The SMILES string of the molecule is CCNC(=O)Nc1nc2cc(-c3cnc(C4(O)C(S)=C(S)OC(S)=C4S)nc3)cc(-c3ccccn3)c2s1. The number of thiol groups is 4. The zero-order valence-electron chi connectivity index (χ0n) is 19.6. The van der Waals surface area contributed by atoms with Gasteiger partial charge in [0.25, 0.3) is 0 Å². The summed E-state index contributed by atoms with van der Waals surface area (Å²) in [7, 11) is 0. The summed E-state index contributed by atoms with van der Waals surface area (Å²) in [4.78, 5) is 30.2. The topological polar surface area (TPSA) is 122 Å². The molecule has 0 bridgehead atoms. The third-order valence-corrected chi connectivity index (χ3v) is 8.64. The molecule has 3 N–H and O–H groups in total. The van der Waals surface area contributed by atoms with E-state index in [-0.39, 0.29) is 31.8 Å². The zero-order valence-corrected chi connectivity index (χ0v) is 24.0. The van der Waals surface area contributed by atoms with E-state index in [9.17, 15) is 9.90 Å². The standard InChI is InChI=1S/C24H20N6O3S5/c1-2-25-22(31)30-23-29-15-8-11(7-13(16(15)38-23)14-5-3-4-6-26-14)12-9-27-21(28-10-12)24(32)17(34)19(36)33-20(37)18(24)35/h3-10,32,34-37H,2H2,1H3,(H2,25,29,30,31). The average molecular weight is 601 g/mol. The number of ether oxygens (including phenoxy) is 1. The molecule has 38 heavy (non-hydrogen) atoms. The van der Waals surface area contributed by atoms with Crippen molar-refractivity contribution >= 4 is 83.2 Å². The van der Waals surface area contributed by atoms with Crippen LogP contribution in [0.5, 0.6) is 0 Å². The van der Waals surface area contributed by atoms with Crippen molar-refractivity contribution < 1.29 is 14.6 Å². The maximum absolute atomic E-state index is 12.1. The van der Waals surface area contributed by atoms with Crippen LogP contribution in [0.2, 0.25) is 0 Å². The molecule has 0 saturated heterocycles. The molecular formula is C24H20N6O3S5. The first-order valence-corrected chi connectivity index (χ1v) is 13.7. The summed E-state index contributed by atoms with van der Waals surface area (Å²) < 4.78 is 6.20. The lowest BCUT2D eigenvalue weighted by atomic mass is 10.00. The number of nitrogens with one attached hydrogen (secondary N) is 2. The van der Waals surface area contributed by atoms with Crippen molar-refractivity contribution in [1.29, 1.82) is 0 Å². The Morgan fingerprint density at radius 3 is 2.39 bits per heavy atom. The van der Waals surface area contributed by atoms with Crippen molar-refractivity contribution in [2.75, 3.05) is 11.9 Å². The van der Waals surface area contributed by atoms with Crippen LogP contribution in [-0.2, 0) is 10.3 Å². The first kappa shape index (κ1) is 26.8. The van der Waals surface area contributed by atoms with Gasteiger partial charge in [-0.3, -0.25) is 10.3 Å². The number of carbonyl (C=O) groups is 1. The smallest absolute Gasteiger partial charge is 0.321 e. The number of nitrogens with zero attached hydrogens (tertiary/aromatic N) is 4. The van der Waals surface area contributed by atoms with Crippen molar-refractivity contribution in [3.8, 4) is 22.4 Å². The summed E-state index contributed by atoms with van der Waals surface area (Å²) in [5, 5.41) is 17.5. The second-order valence-electron chi connectivity index (χ2n) is 8.01. The lowest BCUT2D eigenvalue weighted by Crippen LogP contribution is -2.33. The van der Waals surface area contributed by atoms with Crippen LogP contribution in [0.4, 0.5) is 9.93 Å². The highest BCUT2D eigenvalue weighted by Gasteiger charge is 2.45. The molecule has 9 nitrogen and oxygen atoms in total. The summed E-state index contributed by atoms with van der Waals surface area (Å²) in [6, 6.07) is 9.16. The van der Waals surface area contributed by atoms with Gasteiger partial charge in [0.1, 0.15) is 0 Å². The van der Waals surface area contributed by atoms with Gasteiger partial charge in [-0.1, -0.05) is 17.4 Å². The summed E-state index contributed by atoms with van der Waals surface area (Å²) in [6.45, 7) is 2.34. The molecule has 0 saturated carbocycles. The van der Waals surface area contributed by atoms with Gasteiger partial charge in [0, 0.05) is 36.3 Å². The zero-order chi connectivity index (χ0) is 27.0. The van der Waals surface area contributed by atoms with Crippen LogP contribution in [-0.4, -0.2) is 37.6 Å². The highest BCUT2D eigenvalue weighted by molar-refractivity contribution is 7.90. The molecule has 0 aliphatic carbocycles. The Morgan fingerprint density at radius 2 is 1.76 bits per heavy atom. The number of anilines is 1. The third kappa shape index (κ3) is 4.87. The number of fused-ring (bicyclic) bond motifs is 1. The van der Waals surface area contributed by atoms with Gasteiger partial charge in [-0.2, -0.15) is 0 Å². The van der Waals surface area contributed by atoms with Gasteiger partial charge in [-0.25, -0.2) is 19.7 Å². The quantitative estimate of drug-likeness (QED) is 0.157. The monoisotopic (exact) mass is 600 g/mol. The lowest BCUT2D eigenvalue weighted by molar-refractivity contribution is 0.109. The second kappa shape index (κ2) is 10.8. The molecule has 3 aromatic heterocycles. The molecule has 0 atom stereocenters. The number of pyridine rings is 1. The van der Waals surface area contributed by atoms with Crippen molar-refractivity contribution in [3.63, 3.8) is 0 Å². The maximum atomic E-state index is 12.1. The Bertz CT molecular complexity index is 1580. The number of carbonyl (C=O) groups excluding carboxylic acids is 1. The molecule has 4 aromatic rings. The molecule has 194 valence electrons. The molecular weight excluding hydrogens is 581 g/mol. The molecule has 2 amide bonds. The van der Waals surface area contributed by atoms with E-state index in [0.29, 0.717) is 22.8 Å². The molecule has 4 heterocycles. The Labute approximate surface area is 243 Å². The minimum Gasteiger partial charge on any atom is -0.442 e. The van der Waals surface area contributed by atoms with Crippen LogP contribution in [0.1, 0.15) is 12.7 Å².